The molecule has 0 aliphatic rings. The van der Waals surface area contributed by atoms with Crippen LogP contribution < -0.4 is 4.72 Å². The Morgan fingerprint density at radius 1 is 1.00 bits per heavy atom. The van der Waals surface area contributed by atoms with Crippen LogP contribution in [0.3, 0.4) is 0 Å². The number of sulfonamides is 1. The standard InChI is InChI=1S/C15H12ClNO2S2/c16-14-8-9-15(20-14)21(18,19)17-10-12-6-3-5-11-4-1-2-7-13(11)12/h1-9,17H,10H2. The molecule has 0 radical (unpaired) electrons. The molecular weight excluding hydrogens is 326 g/mol. The van der Waals surface area contributed by atoms with E-state index in [1.807, 2.05) is 42.5 Å². The van der Waals surface area contributed by atoms with E-state index < -0.39 is 10.0 Å². The second-order valence-corrected chi connectivity index (χ2v) is 8.23. The van der Waals surface area contributed by atoms with Crippen LogP contribution in [0.5, 0.6) is 0 Å². The Labute approximate surface area is 132 Å². The largest absolute Gasteiger partial charge is 0.250 e. The number of nitrogens with one attached hydrogen (secondary N) is 1. The van der Waals surface area contributed by atoms with E-state index in [9.17, 15) is 8.42 Å². The third kappa shape index (κ3) is 3.11. The third-order valence-corrected chi connectivity index (χ3v) is 6.27. The lowest BCUT2D eigenvalue weighted by Gasteiger charge is -2.08. The van der Waals surface area contributed by atoms with Gasteiger partial charge in [0, 0.05) is 6.54 Å². The van der Waals surface area contributed by atoms with Crippen molar-refractivity contribution >= 4 is 43.7 Å². The lowest BCUT2D eigenvalue weighted by atomic mass is 10.1. The van der Waals surface area contributed by atoms with E-state index >= 15 is 0 Å². The average molecular weight is 338 g/mol. The van der Waals surface area contributed by atoms with Gasteiger partial charge in [0.25, 0.3) is 0 Å². The van der Waals surface area contributed by atoms with Crippen LogP contribution in [-0.2, 0) is 16.6 Å². The van der Waals surface area contributed by atoms with Crippen molar-refractivity contribution in [2.24, 2.45) is 0 Å². The third-order valence-electron chi connectivity index (χ3n) is 3.15. The van der Waals surface area contributed by atoms with Crippen molar-refractivity contribution in [2.45, 2.75) is 10.8 Å². The lowest BCUT2D eigenvalue weighted by Crippen LogP contribution is -2.22. The Hall–Kier alpha value is -1.40. The van der Waals surface area contributed by atoms with Gasteiger partial charge in [0.2, 0.25) is 10.0 Å². The van der Waals surface area contributed by atoms with Gasteiger partial charge in [0.05, 0.1) is 4.34 Å². The van der Waals surface area contributed by atoms with Gasteiger partial charge in [-0.3, -0.25) is 0 Å². The molecule has 0 fully saturated rings. The zero-order chi connectivity index (χ0) is 14.9. The van der Waals surface area contributed by atoms with Gasteiger partial charge in [-0.2, -0.15) is 0 Å². The van der Waals surface area contributed by atoms with E-state index in [1.165, 1.54) is 6.07 Å². The number of hydrogen-bond acceptors (Lipinski definition) is 3. The second-order valence-electron chi connectivity index (χ2n) is 4.52. The van der Waals surface area contributed by atoms with E-state index in [0.717, 1.165) is 27.7 Å². The van der Waals surface area contributed by atoms with E-state index in [1.54, 1.807) is 6.07 Å². The molecular formula is C15H12ClNO2S2. The van der Waals surface area contributed by atoms with Gasteiger partial charge in [-0.05, 0) is 28.5 Å². The number of benzene rings is 2. The van der Waals surface area contributed by atoms with Crippen molar-refractivity contribution < 1.29 is 8.42 Å². The molecule has 0 spiro atoms. The first-order chi connectivity index (χ1) is 10.1. The summed E-state index contributed by atoms with van der Waals surface area (Å²) in [5.41, 5.74) is 0.944. The Bertz CT molecular complexity index is 882. The van der Waals surface area contributed by atoms with Crippen molar-refractivity contribution in [3.8, 4) is 0 Å². The summed E-state index contributed by atoms with van der Waals surface area (Å²) in [5.74, 6) is 0. The average Bonchev–Trinajstić information content (AvgIpc) is 2.93. The van der Waals surface area contributed by atoms with Crippen molar-refractivity contribution in [1.82, 2.24) is 4.72 Å². The fourth-order valence-corrected chi connectivity index (χ4v) is 4.67. The predicted octanol–water partition coefficient (Wildman–Crippen LogP) is 4.03. The highest BCUT2D eigenvalue weighted by atomic mass is 35.5. The van der Waals surface area contributed by atoms with Crippen molar-refractivity contribution in [3.05, 3.63) is 64.5 Å². The van der Waals surface area contributed by atoms with E-state index in [2.05, 4.69) is 4.72 Å². The Morgan fingerprint density at radius 2 is 1.76 bits per heavy atom. The fourth-order valence-electron chi connectivity index (χ4n) is 2.13. The molecule has 2 aromatic carbocycles. The van der Waals surface area contributed by atoms with Gasteiger partial charge in [-0.25, -0.2) is 13.1 Å². The molecule has 0 atom stereocenters. The Morgan fingerprint density at radius 3 is 2.52 bits per heavy atom. The summed E-state index contributed by atoms with van der Waals surface area (Å²) < 4.78 is 27.7. The molecule has 1 heterocycles. The minimum atomic E-state index is -3.52. The van der Waals surface area contributed by atoms with Gasteiger partial charge in [-0.1, -0.05) is 54.1 Å². The minimum absolute atomic E-state index is 0.229. The van der Waals surface area contributed by atoms with Gasteiger partial charge >= 0.3 is 0 Å². The number of hydrogen-bond donors (Lipinski definition) is 1. The maximum atomic E-state index is 12.2. The van der Waals surface area contributed by atoms with E-state index in [0.29, 0.717) is 4.34 Å². The molecule has 0 saturated heterocycles. The molecule has 3 aromatic rings. The molecule has 0 saturated carbocycles. The van der Waals surface area contributed by atoms with E-state index in [4.69, 9.17) is 11.6 Å². The summed E-state index contributed by atoms with van der Waals surface area (Å²) in [6.45, 7) is 0.249. The molecule has 0 aliphatic carbocycles. The summed E-state index contributed by atoms with van der Waals surface area (Å²) in [5, 5.41) is 2.14. The highest BCUT2D eigenvalue weighted by molar-refractivity contribution is 7.91. The normalized spacial score (nSPS) is 11.9. The minimum Gasteiger partial charge on any atom is -0.206 e. The summed E-state index contributed by atoms with van der Waals surface area (Å²) in [7, 11) is -3.52. The Balaban J connectivity index is 1.87. The fraction of sp³-hybridized carbons (Fsp3) is 0.0667. The first kappa shape index (κ1) is 14.5. The SMILES string of the molecule is O=S(=O)(NCc1cccc2ccccc12)c1ccc(Cl)s1. The summed E-state index contributed by atoms with van der Waals surface area (Å²) in [6, 6.07) is 16.8. The molecule has 1 aromatic heterocycles. The quantitative estimate of drug-likeness (QED) is 0.781. The molecule has 6 heteroatoms. The first-order valence-electron chi connectivity index (χ1n) is 6.28. The maximum Gasteiger partial charge on any atom is 0.250 e. The highest BCUT2D eigenvalue weighted by Gasteiger charge is 2.16. The molecule has 0 unspecified atom stereocenters. The van der Waals surface area contributed by atoms with Crippen molar-refractivity contribution in [1.29, 1.82) is 0 Å². The number of rotatable bonds is 4. The number of thiophene rings is 1. The summed E-state index contributed by atoms with van der Waals surface area (Å²) >= 11 is 6.84. The van der Waals surface area contributed by atoms with Crippen LogP contribution in [0.4, 0.5) is 0 Å². The van der Waals surface area contributed by atoms with Crippen molar-refractivity contribution in [2.75, 3.05) is 0 Å². The van der Waals surface area contributed by atoms with Crippen molar-refractivity contribution in [3.63, 3.8) is 0 Å². The number of halogens is 1. The molecule has 108 valence electrons. The van der Waals surface area contributed by atoms with E-state index in [-0.39, 0.29) is 10.8 Å². The molecule has 0 amide bonds. The topological polar surface area (TPSA) is 46.2 Å². The summed E-state index contributed by atoms with van der Waals surface area (Å²) in [4.78, 5) is 0. The first-order valence-corrected chi connectivity index (χ1v) is 8.96. The highest BCUT2D eigenvalue weighted by Crippen LogP contribution is 2.26. The monoisotopic (exact) mass is 337 g/mol. The molecule has 0 bridgehead atoms. The van der Waals surface area contributed by atoms with Gasteiger partial charge in [-0.15, -0.1) is 11.3 Å². The van der Waals surface area contributed by atoms with Crippen LogP contribution in [0.2, 0.25) is 4.34 Å². The zero-order valence-corrected chi connectivity index (χ0v) is 13.3. The predicted molar refractivity (Wildman–Crippen MR) is 87.3 cm³/mol. The smallest absolute Gasteiger partial charge is 0.206 e. The molecule has 1 N–H and O–H groups in total. The lowest BCUT2D eigenvalue weighted by molar-refractivity contribution is 0.583. The summed E-state index contributed by atoms with van der Waals surface area (Å²) in [6.07, 6.45) is 0. The van der Waals surface area contributed by atoms with Crippen LogP contribution in [0.1, 0.15) is 5.56 Å². The van der Waals surface area contributed by atoms with Gasteiger partial charge in [0.15, 0.2) is 0 Å². The molecule has 3 nitrogen and oxygen atoms in total. The number of fused-ring (bicyclic) bond motifs is 1. The van der Waals surface area contributed by atoms with Crippen LogP contribution in [0, 0.1) is 0 Å². The maximum absolute atomic E-state index is 12.2. The second kappa shape index (κ2) is 5.77. The van der Waals surface area contributed by atoms with Gasteiger partial charge < -0.3 is 0 Å². The molecule has 0 aliphatic heterocycles. The zero-order valence-electron chi connectivity index (χ0n) is 10.9. The van der Waals surface area contributed by atoms with Crippen LogP contribution in [0.15, 0.2) is 58.8 Å². The Kier molecular flexibility index (Phi) is 3.99. The van der Waals surface area contributed by atoms with Gasteiger partial charge in [0.1, 0.15) is 4.21 Å². The van der Waals surface area contributed by atoms with Crippen LogP contribution in [0.25, 0.3) is 10.8 Å². The van der Waals surface area contributed by atoms with Crippen LogP contribution in [-0.4, -0.2) is 8.42 Å². The molecule has 3 rings (SSSR count). The van der Waals surface area contributed by atoms with Crippen LogP contribution >= 0.6 is 22.9 Å². The molecule has 21 heavy (non-hydrogen) atoms.